The van der Waals surface area contributed by atoms with Crippen molar-refractivity contribution >= 4 is 0 Å². The molecule has 0 aromatic heterocycles. The predicted molar refractivity (Wildman–Crippen MR) is 93.5 cm³/mol. The summed E-state index contributed by atoms with van der Waals surface area (Å²) in [5.41, 5.74) is 0.647. The summed E-state index contributed by atoms with van der Waals surface area (Å²) in [5.74, 6) is 0.150. The molecule has 0 radical (unpaired) electrons. The highest BCUT2D eigenvalue weighted by atomic mass is 19.3. The Balaban J connectivity index is 1.66. The van der Waals surface area contributed by atoms with Gasteiger partial charge in [0, 0.05) is 6.07 Å². The van der Waals surface area contributed by atoms with Gasteiger partial charge in [0.2, 0.25) is 0 Å². The lowest BCUT2D eigenvalue weighted by Gasteiger charge is -2.32. The van der Waals surface area contributed by atoms with Crippen LogP contribution in [0, 0.1) is 23.6 Å². The Labute approximate surface area is 149 Å². The lowest BCUT2D eigenvalue weighted by Crippen LogP contribution is -2.37. The molecule has 1 nitrogen and oxygen atoms in total. The van der Waals surface area contributed by atoms with Gasteiger partial charge in [0.05, 0.1) is 5.92 Å². The summed E-state index contributed by atoms with van der Waals surface area (Å²) < 4.78 is 48.2. The summed E-state index contributed by atoms with van der Waals surface area (Å²) in [5, 5.41) is 0. The average molecular weight is 354 g/mol. The van der Waals surface area contributed by atoms with Crippen molar-refractivity contribution in [3.63, 3.8) is 0 Å². The van der Waals surface area contributed by atoms with Crippen molar-refractivity contribution in [3.8, 4) is 5.75 Å². The fourth-order valence-electron chi connectivity index (χ4n) is 4.31. The van der Waals surface area contributed by atoms with Gasteiger partial charge in [0.25, 0.3) is 0 Å². The summed E-state index contributed by atoms with van der Waals surface area (Å²) in [4.78, 5) is 0. The quantitative estimate of drug-likeness (QED) is 0.570. The summed E-state index contributed by atoms with van der Waals surface area (Å²) in [6.45, 7) is 4.31. The van der Waals surface area contributed by atoms with Gasteiger partial charge in [-0.05, 0) is 55.1 Å². The molecule has 0 atom stereocenters. The molecule has 1 aromatic rings. The molecule has 0 aliphatic heterocycles. The van der Waals surface area contributed by atoms with Crippen LogP contribution < -0.4 is 4.74 Å². The molecule has 0 N–H and O–H groups in total. The first-order valence-corrected chi connectivity index (χ1v) is 9.71. The summed E-state index contributed by atoms with van der Waals surface area (Å²) in [6, 6.07) is 4.30. The first kappa shape index (κ1) is 18.6. The predicted octanol–water partition coefficient (Wildman–Crippen LogP) is 6.92. The van der Waals surface area contributed by atoms with Crippen molar-refractivity contribution in [3.05, 3.63) is 29.6 Å². The Morgan fingerprint density at radius 1 is 0.880 bits per heavy atom. The molecule has 2 aliphatic carbocycles. The second-order valence-corrected chi connectivity index (χ2v) is 8.26. The Morgan fingerprint density at radius 3 is 2.00 bits per heavy atom. The number of halogens is 3. The van der Waals surface area contributed by atoms with E-state index in [1.54, 1.807) is 6.07 Å². The van der Waals surface area contributed by atoms with E-state index in [0.29, 0.717) is 30.2 Å². The molecule has 0 amide bonds. The van der Waals surface area contributed by atoms with E-state index in [2.05, 4.69) is 13.8 Å². The molecule has 2 aliphatic rings. The SMILES string of the molecule is CC1CCC(c2ccc(OC(F)(F)C3CCC(C)CC3)cc2F)CC1. The summed E-state index contributed by atoms with van der Waals surface area (Å²) in [6.07, 6.45) is 3.44. The Kier molecular flexibility index (Phi) is 5.65. The van der Waals surface area contributed by atoms with Gasteiger partial charge in [0.1, 0.15) is 11.6 Å². The molecule has 140 valence electrons. The van der Waals surface area contributed by atoms with E-state index in [4.69, 9.17) is 4.74 Å². The molecule has 3 rings (SSSR count). The molecule has 0 bridgehead atoms. The molecule has 4 heteroatoms. The molecule has 0 spiro atoms. The van der Waals surface area contributed by atoms with Gasteiger partial charge in [-0.15, -0.1) is 0 Å². The highest BCUT2D eigenvalue weighted by molar-refractivity contribution is 5.31. The van der Waals surface area contributed by atoms with Crippen LogP contribution >= 0.6 is 0 Å². The molecule has 2 fully saturated rings. The third kappa shape index (κ3) is 4.51. The fourth-order valence-corrected chi connectivity index (χ4v) is 4.31. The summed E-state index contributed by atoms with van der Waals surface area (Å²) >= 11 is 0. The smallest absolute Gasteiger partial charge is 0.400 e. The lowest BCUT2D eigenvalue weighted by atomic mass is 9.79. The van der Waals surface area contributed by atoms with Gasteiger partial charge in [0.15, 0.2) is 0 Å². The number of ether oxygens (including phenoxy) is 1. The molecule has 0 heterocycles. The topological polar surface area (TPSA) is 9.23 Å². The number of rotatable bonds is 4. The molecule has 25 heavy (non-hydrogen) atoms. The van der Waals surface area contributed by atoms with Crippen molar-refractivity contribution in [2.75, 3.05) is 0 Å². The van der Waals surface area contributed by atoms with Gasteiger partial charge in [-0.1, -0.05) is 45.6 Å². The zero-order chi connectivity index (χ0) is 18.0. The highest BCUT2D eigenvalue weighted by Gasteiger charge is 2.43. The fraction of sp³-hybridized carbons (Fsp3) is 0.714. The van der Waals surface area contributed by atoms with Crippen LogP contribution in [0.5, 0.6) is 5.75 Å². The molecule has 1 aromatic carbocycles. The van der Waals surface area contributed by atoms with Gasteiger partial charge in [-0.2, -0.15) is 8.78 Å². The maximum Gasteiger partial charge on any atom is 0.400 e. The van der Waals surface area contributed by atoms with Crippen molar-refractivity contribution < 1.29 is 17.9 Å². The largest absolute Gasteiger partial charge is 0.432 e. The van der Waals surface area contributed by atoms with E-state index in [-0.39, 0.29) is 11.7 Å². The zero-order valence-electron chi connectivity index (χ0n) is 15.2. The van der Waals surface area contributed by atoms with Crippen molar-refractivity contribution in [1.29, 1.82) is 0 Å². The number of hydrogen-bond donors (Lipinski definition) is 0. The van der Waals surface area contributed by atoms with Gasteiger partial charge in [-0.3, -0.25) is 0 Å². The van der Waals surface area contributed by atoms with Crippen LogP contribution in [0.3, 0.4) is 0 Å². The second kappa shape index (κ2) is 7.59. The van der Waals surface area contributed by atoms with E-state index < -0.39 is 17.8 Å². The number of alkyl halides is 2. The Bertz CT molecular complexity index is 571. The standard InChI is InChI=1S/C21H29F3O/c1-14-3-7-16(8-4-14)19-12-11-18(13-20(19)22)25-21(23,24)17-9-5-15(2)6-10-17/h11-17H,3-10H2,1-2H3. The maximum atomic E-state index is 14.5. The van der Waals surface area contributed by atoms with Crippen molar-refractivity contribution in [2.45, 2.75) is 77.2 Å². The van der Waals surface area contributed by atoms with E-state index in [0.717, 1.165) is 44.6 Å². The first-order valence-electron chi connectivity index (χ1n) is 9.71. The minimum Gasteiger partial charge on any atom is -0.432 e. The molecular weight excluding hydrogens is 325 g/mol. The van der Waals surface area contributed by atoms with Crippen LogP contribution in [0.15, 0.2) is 18.2 Å². The van der Waals surface area contributed by atoms with Crippen molar-refractivity contribution in [2.24, 2.45) is 17.8 Å². The Hall–Kier alpha value is -1.19. The van der Waals surface area contributed by atoms with Crippen LogP contribution in [-0.4, -0.2) is 6.11 Å². The van der Waals surface area contributed by atoms with E-state index >= 15 is 0 Å². The third-order valence-corrected chi connectivity index (χ3v) is 6.17. The van der Waals surface area contributed by atoms with Crippen LogP contribution in [0.1, 0.15) is 76.7 Å². The lowest BCUT2D eigenvalue weighted by molar-refractivity contribution is -0.223. The maximum absolute atomic E-state index is 14.5. The molecule has 0 saturated heterocycles. The third-order valence-electron chi connectivity index (χ3n) is 6.17. The van der Waals surface area contributed by atoms with Gasteiger partial charge in [-0.25, -0.2) is 4.39 Å². The minimum atomic E-state index is -3.23. The zero-order valence-corrected chi connectivity index (χ0v) is 15.2. The summed E-state index contributed by atoms with van der Waals surface area (Å²) in [7, 11) is 0. The van der Waals surface area contributed by atoms with Crippen molar-refractivity contribution in [1.82, 2.24) is 0 Å². The van der Waals surface area contributed by atoms with Crippen LogP contribution in [0.2, 0.25) is 0 Å². The number of benzene rings is 1. The monoisotopic (exact) mass is 354 g/mol. The normalized spacial score (nSPS) is 30.9. The first-order chi connectivity index (χ1) is 11.8. The van der Waals surface area contributed by atoms with E-state index in [9.17, 15) is 13.2 Å². The van der Waals surface area contributed by atoms with E-state index in [1.807, 2.05) is 0 Å². The average Bonchev–Trinajstić information content (AvgIpc) is 2.56. The molecule has 0 unspecified atom stereocenters. The van der Waals surface area contributed by atoms with Crippen LogP contribution in [-0.2, 0) is 0 Å². The van der Waals surface area contributed by atoms with Gasteiger partial charge < -0.3 is 4.74 Å². The molecule has 2 saturated carbocycles. The molecular formula is C21H29F3O. The Morgan fingerprint density at radius 2 is 1.44 bits per heavy atom. The van der Waals surface area contributed by atoms with E-state index in [1.165, 1.54) is 6.07 Å². The van der Waals surface area contributed by atoms with Gasteiger partial charge >= 0.3 is 6.11 Å². The minimum absolute atomic E-state index is 0.0611. The van der Waals surface area contributed by atoms with Crippen LogP contribution in [0.25, 0.3) is 0 Å². The highest BCUT2D eigenvalue weighted by Crippen LogP contribution is 2.41. The second-order valence-electron chi connectivity index (χ2n) is 8.26. The number of hydrogen-bond acceptors (Lipinski definition) is 1. The van der Waals surface area contributed by atoms with Crippen LogP contribution in [0.4, 0.5) is 13.2 Å².